The SMILES string of the molecule is C[C@H]1CN(C)Cc2c(c(OC3CCN(S(C)(=O)=O)CC3)nn2CCO)/C=C/c2n[nH]c3ccc(cc23)-c2cnn(C)c2O1. The Morgan fingerprint density at radius 2 is 1.98 bits per heavy atom. The van der Waals surface area contributed by atoms with Gasteiger partial charge in [0.1, 0.15) is 12.2 Å². The third kappa shape index (κ3) is 6.05. The second-order valence-electron chi connectivity index (χ2n) is 11.4. The highest BCUT2D eigenvalue weighted by molar-refractivity contribution is 7.88. The van der Waals surface area contributed by atoms with Gasteiger partial charge in [-0.1, -0.05) is 6.07 Å². The molecule has 230 valence electrons. The molecule has 0 radical (unpaired) electrons. The maximum Gasteiger partial charge on any atom is 0.240 e. The Labute approximate surface area is 250 Å². The molecule has 0 saturated carbocycles. The first-order chi connectivity index (χ1) is 20.6. The van der Waals surface area contributed by atoms with Crippen molar-refractivity contribution >= 4 is 33.1 Å². The van der Waals surface area contributed by atoms with E-state index in [1.54, 1.807) is 9.36 Å². The zero-order valence-electron chi connectivity index (χ0n) is 24.9. The largest absolute Gasteiger partial charge is 0.473 e. The van der Waals surface area contributed by atoms with Gasteiger partial charge in [-0.3, -0.25) is 14.7 Å². The lowest BCUT2D eigenvalue weighted by molar-refractivity contribution is 0.128. The lowest BCUT2D eigenvalue weighted by atomic mass is 10.0. The van der Waals surface area contributed by atoms with Crippen LogP contribution in [0.25, 0.3) is 34.2 Å². The van der Waals surface area contributed by atoms with Crippen molar-refractivity contribution in [3.05, 3.63) is 41.3 Å². The molecule has 1 saturated heterocycles. The number of hydrogen-bond donors (Lipinski definition) is 2. The number of aromatic nitrogens is 6. The molecular weight excluding hydrogens is 572 g/mol. The van der Waals surface area contributed by atoms with Crippen LogP contribution < -0.4 is 9.47 Å². The highest BCUT2D eigenvalue weighted by Crippen LogP contribution is 2.34. The predicted octanol–water partition coefficient (Wildman–Crippen LogP) is 2.34. The number of piperidine rings is 1. The molecule has 13 nitrogen and oxygen atoms in total. The van der Waals surface area contributed by atoms with E-state index in [2.05, 4.69) is 26.3 Å². The maximum absolute atomic E-state index is 12.0. The highest BCUT2D eigenvalue weighted by atomic mass is 32.2. The van der Waals surface area contributed by atoms with Crippen molar-refractivity contribution in [1.29, 1.82) is 0 Å². The van der Waals surface area contributed by atoms with Gasteiger partial charge in [0.25, 0.3) is 0 Å². The lowest BCUT2D eigenvalue weighted by Crippen LogP contribution is -2.41. The molecule has 2 N–H and O–H groups in total. The fraction of sp³-hybridized carbons (Fsp3) is 0.483. The second kappa shape index (κ2) is 11.8. The molecule has 0 amide bonds. The smallest absolute Gasteiger partial charge is 0.240 e. The van der Waals surface area contributed by atoms with E-state index < -0.39 is 10.0 Å². The van der Waals surface area contributed by atoms with Crippen LogP contribution in [0.4, 0.5) is 0 Å². The van der Waals surface area contributed by atoms with Gasteiger partial charge in [-0.2, -0.15) is 10.2 Å². The fourth-order valence-electron chi connectivity index (χ4n) is 5.87. The number of H-pyrrole nitrogens is 1. The molecule has 0 spiro atoms. The zero-order chi connectivity index (χ0) is 30.3. The van der Waals surface area contributed by atoms with E-state index in [9.17, 15) is 13.5 Å². The number of sulfonamides is 1. The summed E-state index contributed by atoms with van der Waals surface area (Å²) in [7, 11) is 0.653. The summed E-state index contributed by atoms with van der Waals surface area (Å²) < 4.78 is 42.0. The Balaban J connectivity index is 1.42. The monoisotopic (exact) mass is 610 g/mol. The second-order valence-corrected chi connectivity index (χ2v) is 13.4. The minimum Gasteiger partial charge on any atom is -0.473 e. The minimum absolute atomic E-state index is 0.0801. The number of aliphatic hydroxyl groups excluding tert-OH is 1. The molecule has 2 aliphatic rings. The first kappa shape index (κ1) is 29.4. The molecule has 3 aromatic heterocycles. The van der Waals surface area contributed by atoms with Crippen LogP contribution in [-0.4, -0.2) is 104 Å². The number of ether oxygens (including phenoxy) is 2. The van der Waals surface area contributed by atoms with Crippen LogP contribution >= 0.6 is 0 Å². The third-order valence-corrected chi connectivity index (χ3v) is 9.32. The van der Waals surface area contributed by atoms with Gasteiger partial charge in [0, 0.05) is 38.6 Å². The molecule has 14 heteroatoms. The molecule has 0 unspecified atom stereocenters. The molecule has 1 atom stereocenters. The van der Waals surface area contributed by atoms with Crippen LogP contribution in [0.2, 0.25) is 0 Å². The van der Waals surface area contributed by atoms with Crippen molar-refractivity contribution in [2.24, 2.45) is 7.05 Å². The van der Waals surface area contributed by atoms with E-state index in [1.165, 1.54) is 10.6 Å². The number of aryl methyl sites for hydroxylation is 1. The summed E-state index contributed by atoms with van der Waals surface area (Å²) in [6.07, 6.45) is 7.78. The summed E-state index contributed by atoms with van der Waals surface area (Å²) in [4.78, 5) is 2.16. The van der Waals surface area contributed by atoms with Crippen LogP contribution in [0.1, 0.15) is 36.7 Å². The quantitative estimate of drug-likeness (QED) is 0.348. The minimum atomic E-state index is -3.24. The van der Waals surface area contributed by atoms with Crippen molar-refractivity contribution < 1.29 is 23.0 Å². The molecule has 6 rings (SSSR count). The zero-order valence-corrected chi connectivity index (χ0v) is 25.7. The topological polar surface area (TPSA) is 144 Å². The summed E-state index contributed by atoms with van der Waals surface area (Å²) in [6.45, 7) is 4.21. The molecule has 2 aliphatic heterocycles. The van der Waals surface area contributed by atoms with Gasteiger partial charge < -0.3 is 14.6 Å². The Morgan fingerprint density at radius 3 is 2.72 bits per heavy atom. The van der Waals surface area contributed by atoms with Crippen LogP contribution in [0.3, 0.4) is 0 Å². The lowest BCUT2D eigenvalue weighted by Gasteiger charge is -2.30. The average Bonchev–Trinajstić information content (AvgIpc) is 3.62. The van der Waals surface area contributed by atoms with Crippen LogP contribution in [0.5, 0.6) is 11.8 Å². The number of benzene rings is 1. The number of likely N-dealkylation sites (N-methyl/N-ethyl adjacent to an activating group) is 1. The normalized spacial score (nSPS) is 19.9. The van der Waals surface area contributed by atoms with Crippen molar-refractivity contribution in [3.8, 4) is 22.9 Å². The summed E-state index contributed by atoms with van der Waals surface area (Å²) in [5, 5.41) is 27.8. The molecule has 2 bridgehead atoms. The van der Waals surface area contributed by atoms with E-state index in [0.717, 1.165) is 39.0 Å². The van der Waals surface area contributed by atoms with Crippen LogP contribution in [0.15, 0.2) is 24.4 Å². The first-order valence-electron chi connectivity index (χ1n) is 14.5. The van der Waals surface area contributed by atoms with Crippen molar-refractivity contribution in [2.75, 3.05) is 39.5 Å². The average molecular weight is 611 g/mol. The third-order valence-electron chi connectivity index (χ3n) is 8.02. The molecule has 0 aliphatic carbocycles. The van der Waals surface area contributed by atoms with Gasteiger partial charge >= 0.3 is 0 Å². The Morgan fingerprint density at radius 1 is 1.19 bits per heavy atom. The number of nitrogens with one attached hydrogen (secondary N) is 1. The summed E-state index contributed by atoms with van der Waals surface area (Å²) in [5.74, 6) is 1.15. The number of aromatic amines is 1. The van der Waals surface area contributed by atoms with Gasteiger partial charge in [0.15, 0.2) is 0 Å². The predicted molar refractivity (Wildman–Crippen MR) is 163 cm³/mol. The summed E-state index contributed by atoms with van der Waals surface area (Å²) in [6, 6.07) is 6.12. The van der Waals surface area contributed by atoms with Crippen molar-refractivity contribution in [2.45, 2.75) is 45.1 Å². The molecule has 43 heavy (non-hydrogen) atoms. The fourth-order valence-corrected chi connectivity index (χ4v) is 6.74. The van der Waals surface area contributed by atoms with E-state index in [0.29, 0.717) is 57.3 Å². The Hall–Kier alpha value is -3.72. The number of fused-ring (bicyclic) bond motifs is 4. The van der Waals surface area contributed by atoms with Gasteiger partial charge in [-0.15, -0.1) is 5.10 Å². The van der Waals surface area contributed by atoms with Crippen LogP contribution in [-0.2, 0) is 30.2 Å². The number of hydrogen-bond acceptors (Lipinski definition) is 9. The number of nitrogens with zero attached hydrogens (tertiary/aromatic N) is 7. The van der Waals surface area contributed by atoms with Crippen molar-refractivity contribution in [3.63, 3.8) is 0 Å². The van der Waals surface area contributed by atoms with Crippen molar-refractivity contribution in [1.82, 2.24) is 39.0 Å². The molecule has 1 fully saturated rings. The Bertz CT molecular complexity index is 1750. The van der Waals surface area contributed by atoms with Gasteiger partial charge in [-0.25, -0.2) is 17.4 Å². The van der Waals surface area contributed by atoms with Gasteiger partial charge in [0.2, 0.25) is 21.8 Å². The number of aliphatic hydroxyl groups is 1. The number of rotatable bonds is 5. The standard InChI is InChI=1S/C29H38N8O5S/c1-19-17-34(2)18-27-22(28(33-37(27)13-14-38)42-21-9-11-36(12-10-21)43(4,39)40)6-8-26-23-15-20(5-7-25(23)31-32-26)24-16-30-35(3)29(24)41-19/h5-8,15-16,19,21,38H,9-14,17-18H2,1-4H3,(H,31,32)/b8-6+/t19-/m0/s1. The molecular formula is C29H38N8O5S. The molecule has 1 aromatic carbocycles. The summed E-state index contributed by atoms with van der Waals surface area (Å²) >= 11 is 0. The van der Waals surface area contributed by atoms with E-state index in [1.807, 2.05) is 51.5 Å². The van der Waals surface area contributed by atoms with E-state index in [4.69, 9.17) is 14.6 Å². The molecule has 5 heterocycles. The Kier molecular flexibility index (Phi) is 8.02. The molecule has 4 aromatic rings. The highest BCUT2D eigenvalue weighted by Gasteiger charge is 2.29. The maximum atomic E-state index is 12.0. The van der Waals surface area contributed by atoms with Gasteiger partial charge in [0.05, 0.1) is 53.6 Å². The van der Waals surface area contributed by atoms with Crippen LogP contribution in [0, 0.1) is 0 Å². The summed E-state index contributed by atoms with van der Waals surface area (Å²) in [5.41, 5.74) is 5.23. The van der Waals surface area contributed by atoms with Gasteiger partial charge in [-0.05, 0) is 56.7 Å². The first-order valence-corrected chi connectivity index (χ1v) is 16.3. The van der Waals surface area contributed by atoms with E-state index in [-0.39, 0.29) is 18.8 Å². The van der Waals surface area contributed by atoms with E-state index >= 15 is 0 Å².